The molecule has 0 unspecified atom stereocenters. The lowest BCUT2D eigenvalue weighted by Crippen LogP contribution is -2.41. The molecule has 0 aromatic heterocycles. The summed E-state index contributed by atoms with van der Waals surface area (Å²) < 4.78 is 16.8. The number of benzene rings is 1. The number of hydrogen-bond acceptors (Lipinski definition) is 4. The summed E-state index contributed by atoms with van der Waals surface area (Å²) >= 11 is 0. The molecule has 0 amide bonds. The lowest BCUT2D eigenvalue weighted by Gasteiger charge is -2.35. The molecule has 21 heavy (non-hydrogen) atoms. The molecule has 4 nitrogen and oxygen atoms in total. The number of ether oxygens (including phenoxy) is 3. The Balaban J connectivity index is 1.50. The van der Waals surface area contributed by atoms with Gasteiger partial charge in [0.25, 0.3) is 0 Å². The molecule has 0 radical (unpaired) electrons. The zero-order valence-corrected chi connectivity index (χ0v) is 12.8. The first-order valence-electron chi connectivity index (χ1n) is 7.88. The number of methoxy groups -OCH3 is 1. The number of hydrogen-bond donors (Lipinski definition) is 1. The van der Waals surface area contributed by atoms with Crippen LogP contribution in [0, 0.1) is 0 Å². The van der Waals surface area contributed by atoms with E-state index in [1.54, 1.807) is 7.11 Å². The molecule has 1 spiro atoms. The van der Waals surface area contributed by atoms with E-state index in [2.05, 4.69) is 29.6 Å². The fourth-order valence-electron chi connectivity index (χ4n) is 3.33. The van der Waals surface area contributed by atoms with Gasteiger partial charge in [-0.3, -0.25) is 0 Å². The van der Waals surface area contributed by atoms with E-state index in [1.165, 1.54) is 11.1 Å². The van der Waals surface area contributed by atoms with E-state index >= 15 is 0 Å². The fourth-order valence-corrected chi connectivity index (χ4v) is 3.33. The predicted octanol–water partition coefficient (Wildman–Crippen LogP) is 2.61. The zero-order chi connectivity index (χ0) is 14.5. The minimum Gasteiger partial charge on any atom is -0.380 e. The second kappa shape index (κ2) is 6.88. The van der Waals surface area contributed by atoms with E-state index < -0.39 is 0 Å². The highest BCUT2D eigenvalue weighted by atomic mass is 16.7. The molecule has 1 aliphatic heterocycles. The Bertz CT molecular complexity index is 447. The van der Waals surface area contributed by atoms with Crippen molar-refractivity contribution < 1.29 is 14.2 Å². The van der Waals surface area contributed by atoms with E-state index in [-0.39, 0.29) is 5.79 Å². The first-order chi connectivity index (χ1) is 10.3. The minimum absolute atomic E-state index is 0.258. The molecular weight excluding hydrogens is 266 g/mol. The summed E-state index contributed by atoms with van der Waals surface area (Å²) in [6.45, 7) is 3.08. The summed E-state index contributed by atoms with van der Waals surface area (Å²) in [6.07, 6.45) is 4.24. The second-order valence-electron chi connectivity index (χ2n) is 5.96. The van der Waals surface area contributed by atoms with Crippen LogP contribution in [0.25, 0.3) is 0 Å². The SMILES string of the molecule is COCc1ccccc1CNC1CCC2(CC1)OCCO2. The first kappa shape index (κ1) is 15.0. The molecule has 116 valence electrons. The summed E-state index contributed by atoms with van der Waals surface area (Å²) in [6, 6.07) is 9.02. The van der Waals surface area contributed by atoms with E-state index in [4.69, 9.17) is 14.2 Å². The third-order valence-corrected chi connectivity index (χ3v) is 4.56. The van der Waals surface area contributed by atoms with Gasteiger partial charge in [0.1, 0.15) is 0 Å². The molecule has 1 N–H and O–H groups in total. The fraction of sp³-hybridized carbons (Fsp3) is 0.647. The smallest absolute Gasteiger partial charge is 0.168 e. The molecular formula is C17H25NO3. The largest absolute Gasteiger partial charge is 0.380 e. The van der Waals surface area contributed by atoms with Crippen molar-refractivity contribution in [2.45, 2.75) is 50.7 Å². The van der Waals surface area contributed by atoms with Crippen LogP contribution < -0.4 is 5.32 Å². The maximum Gasteiger partial charge on any atom is 0.168 e. The van der Waals surface area contributed by atoms with Gasteiger partial charge in [-0.25, -0.2) is 0 Å². The first-order valence-corrected chi connectivity index (χ1v) is 7.88. The van der Waals surface area contributed by atoms with Crippen LogP contribution in [-0.4, -0.2) is 32.2 Å². The summed E-state index contributed by atoms with van der Waals surface area (Å²) in [5, 5.41) is 3.68. The molecule has 0 bridgehead atoms. The van der Waals surface area contributed by atoms with Crippen LogP contribution in [0.3, 0.4) is 0 Å². The molecule has 1 saturated heterocycles. The molecule has 1 heterocycles. The molecule has 1 aromatic rings. The summed E-state index contributed by atoms with van der Waals surface area (Å²) in [5.74, 6) is -0.258. The average molecular weight is 291 g/mol. The lowest BCUT2D eigenvalue weighted by atomic mass is 9.90. The quantitative estimate of drug-likeness (QED) is 0.905. The highest BCUT2D eigenvalue weighted by Gasteiger charge is 2.40. The van der Waals surface area contributed by atoms with E-state index in [0.29, 0.717) is 12.6 Å². The van der Waals surface area contributed by atoms with Crippen molar-refractivity contribution in [1.82, 2.24) is 5.32 Å². The van der Waals surface area contributed by atoms with Crippen LogP contribution in [0.5, 0.6) is 0 Å². The van der Waals surface area contributed by atoms with Crippen LogP contribution in [0.1, 0.15) is 36.8 Å². The van der Waals surface area contributed by atoms with Crippen LogP contribution in [0.2, 0.25) is 0 Å². The van der Waals surface area contributed by atoms with Crippen molar-refractivity contribution >= 4 is 0 Å². The third kappa shape index (κ3) is 3.64. The number of rotatable bonds is 5. The Morgan fingerprint density at radius 2 is 1.81 bits per heavy atom. The van der Waals surface area contributed by atoms with Crippen molar-refractivity contribution in [2.24, 2.45) is 0 Å². The monoisotopic (exact) mass is 291 g/mol. The van der Waals surface area contributed by atoms with Gasteiger partial charge in [0.2, 0.25) is 0 Å². The van der Waals surface area contributed by atoms with Crippen molar-refractivity contribution in [3.05, 3.63) is 35.4 Å². The molecule has 2 aliphatic rings. The van der Waals surface area contributed by atoms with Gasteiger partial charge >= 0.3 is 0 Å². The van der Waals surface area contributed by atoms with Crippen molar-refractivity contribution in [3.63, 3.8) is 0 Å². The highest BCUT2D eigenvalue weighted by Crippen LogP contribution is 2.35. The van der Waals surface area contributed by atoms with Gasteiger partial charge in [-0.2, -0.15) is 0 Å². The van der Waals surface area contributed by atoms with Gasteiger partial charge in [0.05, 0.1) is 19.8 Å². The maximum atomic E-state index is 5.78. The van der Waals surface area contributed by atoms with E-state index in [0.717, 1.165) is 45.4 Å². The van der Waals surface area contributed by atoms with Crippen LogP contribution in [0.4, 0.5) is 0 Å². The van der Waals surface area contributed by atoms with Crippen LogP contribution in [-0.2, 0) is 27.4 Å². The average Bonchev–Trinajstić information content (AvgIpc) is 2.97. The van der Waals surface area contributed by atoms with Gasteiger partial charge < -0.3 is 19.5 Å². The van der Waals surface area contributed by atoms with Crippen molar-refractivity contribution in [3.8, 4) is 0 Å². The van der Waals surface area contributed by atoms with Gasteiger partial charge in [-0.1, -0.05) is 24.3 Å². The molecule has 3 rings (SSSR count). The molecule has 2 fully saturated rings. The highest BCUT2D eigenvalue weighted by molar-refractivity contribution is 5.26. The topological polar surface area (TPSA) is 39.7 Å². The van der Waals surface area contributed by atoms with Crippen LogP contribution >= 0.6 is 0 Å². The third-order valence-electron chi connectivity index (χ3n) is 4.56. The van der Waals surface area contributed by atoms with Gasteiger partial charge in [-0.15, -0.1) is 0 Å². The van der Waals surface area contributed by atoms with Gasteiger partial charge in [-0.05, 0) is 24.0 Å². The Kier molecular flexibility index (Phi) is 4.91. The minimum atomic E-state index is -0.258. The van der Waals surface area contributed by atoms with Crippen LogP contribution in [0.15, 0.2) is 24.3 Å². The molecule has 1 aromatic carbocycles. The standard InChI is InChI=1S/C17H25NO3/c1-19-13-15-5-3-2-4-14(15)12-18-16-6-8-17(9-7-16)20-10-11-21-17/h2-5,16,18H,6-13H2,1H3. The van der Waals surface area contributed by atoms with E-state index in [9.17, 15) is 0 Å². The van der Waals surface area contributed by atoms with E-state index in [1.807, 2.05) is 0 Å². The molecule has 0 atom stereocenters. The normalized spacial score (nSPS) is 22.0. The van der Waals surface area contributed by atoms with Gasteiger partial charge in [0, 0.05) is 32.5 Å². The summed E-state index contributed by atoms with van der Waals surface area (Å²) in [7, 11) is 1.74. The molecule has 1 saturated carbocycles. The Hall–Kier alpha value is -0.940. The molecule has 4 heteroatoms. The van der Waals surface area contributed by atoms with Crippen molar-refractivity contribution in [2.75, 3.05) is 20.3 Å². The maximum absolute atomic E-state index is 5.78. The zero-order valence-electron chi connectivity index (χ0n) is 12.8. The van der Waals surface area contributed by atoms with Gasteiger partial charge in [0.15, 0.2) is 5.79 Å². The second-order valence-corrected chi connectivity index (χ2v) is 5.96. The Labute approximate surface area is 126 Å². The Morgan fingerprint density at radius 3 is 2.48 bits per heavy atom. The number of nitrogens with one attached hydrogen (secondary N) is 1. The molecule has 1 aliphatic carbocycles. The summed E-state index contributed by atoms with van der Waals surface area (Å²) in [5.41, 5.74) is 2.59. The summed E-state index contributed by atoms with van der Waals surface area (Å²) in [4.78, 5) is 0. The van der Waals surface area contributed by atoms with Crippen molar-refractivity contribution in [1.29, 1.82) is 0 Å². The Morgan fingerprint density at radius 1 is 1.14 bits per heavy atom. The predicted molar refractivity (Wildman–Crippen MR) is 80.9 cm³/mol. The lowest BCUT2D eigenvalue weighted by molar-refractivity contribution is -0.179.